The van der Waals surface area contributed by atoms with E-state index >= 15 is 0 Å². The molecular formula is C23H21N5O3S. The van der Waals surface area contributed by atoms with Crippen molar-refractivity contribution in [2.75, 3.05) is 17.8 Å². The number of methoxy groups -OCH3 is 1. The molecule has 4 rings (SSSR count). The lowest BCUT2D eigenvalue weighted by Gasteiger charge is -2.16. The molecule has 1 fully saturated rings. The molecule has 1 N–H and O–H groups in total. The van der Waals surface area contributed by atoms with Crippen LogP contribution in [-0.2, 0) is 9.59 Å². The van der Waals surface area contributed by atoms with E-state index in [-0.39, 0.29) is 11.8 Å². The van der Waals surface area contributed by atoms with Gasteiger partial charge in [0, 0.05) is 5.56 Å². The van der Waals surface area contributed by atoms with Crippen molar-refractivity contribution in [1.82, 2.24) is 5.32 Å². The monoisotopic (exact) mass is 447 g/mol. The molecule has 0 aromatic heterocycles. The number of hydrogen-bond acceptors (Lipinski definition) is 7. The molecule has 32 heavy (non-hydrogen) atoms. The molecule has 2 amide bonds. The van der Waals surface area contributed by atoms with Gasteiger partial charge in [0.15, 0.2) is 5.17 Å². The van der Waals surface area contributed by atoms with Crippen LogP contribution < -0.4 is 15.0 Å². The highest BCUT2D eigenvalue weighted by molar-refractivity contribution is 8.15. The van der Waals surface area contributed by atoms with Gasteiger partial charge in [0.2, 0.25) is 5.91 Å². The zero-order chi connectivity index (χ0) is 22.7. The van der Waals surface area contributed by atoms with Gasteiger partial charge in [0.25, 0.3) is 5.91 Å². The molecule has 0 unspecified atom stereocenters. The molecule has 0 spiro atoms. The second kappa shape index (κ2) is 9.19. The van der Waals surface area contributed by atoms with E-state index in [9.17, 15) is 9.59 Å². The van der Waals surface area contributed by atoms with E-state index in [0.717, 1.165) is 11.1 Å². The Labute approximate surface area is 189 Å². The van der Waals surface area contributed by atoms with Crippen LogP contribution in [0.3, 0.4) is 0 Å². The molecule has 9 heteroatoms. The largest absolute Gasteiger partial charge is 0.496 e. The van der Waals surface area contributed by atoms with Gasteiger partial charge in [-0.25, -0.2) is 4.99 Å². The number of carbonyl (C=O) groups excluding carboxylic acids is 2. The first-order chi connectivity index (χ1) is 15.5. The Morgan fingerprint density at radius 2 is 1.94 bits per heavy atom. The third kappa shape index (κ3) is 4.47. The van der Waals surface area contributed by atoms with Gasteiger partial charge in [-0.15, -0.1) is 5.10 Å². The number of nitrogens with zero attached hydrogens (tertiary/aromatic N) is 4. The number of nitrogens with one attached hydrogen (secondary N) is 1. The molecule has 162 valence electrons. The number of benzene rings is 2. The van der Waals surface area contributed by atoms with Crippen LogP contribution >= 0.6 is 11.8 Å². The summed E-state index contributed by atoms with van der Waals surface area (Å²) in [6, 6.07) is 14.9. The van der Waals surface area contributed by atoms with Crippen LogP contribution in [0.15, 0.2) is 69.4 Å². The molecule has 0 atom stereocenters. The topological polar surface area (TPSA) is 95.7 Å². The van der Waals surface area contributed by atoms with Crippen molar-refractivity contribution in [2.24, 2.45) is 15.2 Å². The van der Waals surface area contributed by atoms with Crippen molar-refractivity contribution < 1.29 is 14.3 Å². The lowest BCUT2D eigenvalue weighted by Crippen LogP contribution is -2.30. The zero-order valence-corrected chi connectivity index (χ0v) is 18.6. The molecule has 2 heterocycles. The Bertz CT molecular complexity index is 1200. The Morgan fingerprint density at radius 1 is 1.19 bits per heavy atom. The van der Waals surface area contributed by atoms with Crippen molar-refractivity contribution in [3.8, 4) is 5.75 Å². The Balaban J connectivity index is 1.53. The van der Waals surface area contributed by atoms with E-state index in [4.69, 9.17) is 4.74 Å². The van der Waals surface area contributed by atoms with Crippen LogP contribution in [0.5, 0.6) is 5.75 Å². The summed E-state index contributed by atoms with van der Waals surface area (Å²) >= 11 is 1.32. The normalized spacial score (nSPS) is 19.0. The van der Waals surface area contributed by atoms with Crippen LogP contribution in [0.25, 0.3) is 6.08 Å². The minimum absolute atomic E-state index is 0.0719. The van der Waals surface area contributed by atoms with Crippen LogP contribution in [0, 0.1) is 0 Å². The number of para-hydroxylation sites is 1. The van der Waals surface area contributed by atoms with E-state index in [1.807, 2.05) is 55.5 Å². The van der Waals surface area contributed by atoms with Crippen LogP contribution in [0.1, 0.15) is 25.0 Å². The summed E-state index contributed by atoms with van der Waals surface area (Å²) in [6.07, 6.45) is 1.73. The maximum Gasteiger partial charge on any atom is 0.282 e. The van der Waals surface area contributed by atoms with E-state index < -0.39 is 0 Å². The summed E-state index contributed by atoms with van der Waals surface area (Å²) < 4.78 is 5.36. The first kappa shape index (κ1) is 21.5. The number of amides is 2. The molecule has 2 aromatic carbocycles. The van der Waals surface area contributed by atoms with Crippen LogP contribution in [0.2, 0.25) is 0 Å². The quantitative estimate of drug-likeness (QED) is 0.431. The third-order valence-corrected chi connectivity index (χ3v) is 5.74. The molecule has 8 nitrogen and oxygen atoms in total. The van der Waals surface area contributed by atoms with Gasteiger partial charge < -0.3 is 10.1 Å². The lowest BCUT2D eigenvalue weighted by molar-refractivity contribution is -0.117. The Kier molecular flexibility index (Phi) is 6.18. The second-order valence-electron chi connectivity index (χ2n) is 7.05. The first-order valence-corrected chi connectivity index (χ1v) is 10.8. The fourth-order valence-corrected chi connectivity index (χ4v) is 3.90. The molecule has 0 saturated carbocycles. The maximum absolute atomic E-state index is 13.0. The smallest absolute Gasteiger partial charge is 0.282 e. The summed E-state index contributed by atoms with van der Waals surface area (Å²) in [5, 5.41) is 11.4. The van der Waals surface area contributed by atoms with Gasteiger partial charge in [-0.2, -0.15) is 5.10 Å². The summed E-state index contributed by atoms with van der Waals surface area (Å²) in [5.74, 6) is 1.36. The van der Waals surface area contributed by atoms with Gasteiger partial charge in [-0.05, 0) is 43.7 Å². The molecule has 1 saturated heterocycles. The van der Waals surface area contributed by atoms with Gasteiger partial charge in [0.1, 0.15) is 17.3 Å². The lowest BCUT2D eigenvalue weighted by atomic mass is 10.1. The standard InChI is InChI=1S/C23H21N5O3S/c1-14(26-27-23-25-21(29)13-32-23)16-8-10-18(11-9-16)28-15(2)24-19(22(28)30)12-17-6-4-5-7-20(17)31-3/h4-12H,13H2,1-3H3,(H,25,27,29)/b19-12-,26-14+. The number of aliphatic imine (C=N–C) groups is 1. The Hall–Kier alpha value is -3.72. The summed E-state index contributed by atoms with van der Waals surface area (Å²) in [6.45, 7) is 3.63. The zero-order valence-electron chi connectivity index (χ0n) is 17.8. The predicted octanol–water partition coefficient (Wildman–Crippen LogP) is 3.44. The number of thioether (sulfide) groups is 1. The average molecular weight is 448 g/mol. The fourth-order valence-electron chi connectivity index (χ4n) is 3.27. The summed E-state index contributed by atoms with van der Waals surface area (Å²) in [7, 11) is 1.59. The molecule has 2 aliphatic heterocycles. The van der Waals surface area contributed by atoms with Crippen molar-refractivity contribution in [3.05, 3.63) is 65.4 Å². The molecule has 0 bridgehead atoms. The van der Waals surface area contributed by atoms with E-state index in [1.165, 1.54) is 11.8 Å². The van der Waals surface area contributed by atoms with Crippen molar-refractivity contribution in [1.29, 1.82) is 0 Å². The fraction of sp³-hybridized carbons (Fsp3) is 0.174. The van der Waals surface area contributed by atoms with Crippen molar-refractivity contribution in [2.45, 2.75) is 13.8 Å². The first-order valence-electron chi connectivity index (χ1n) is 9.86. The highest BCUT2D eigenvalue weighted by atomic mass is 32.2. The SMILES string of the molecule is COc1ccccc1/C=C1\N=C(C)N(c2ccc(/C(C)=N/N=C3/NC(=O)CS3)cc2)C1=O. The van der Waals surface area contributed by atoms with E-state index in [1.54, 1.807) is 25.0 Å². The predicted molar refractivity (Wildman–Crippen MR) is 128 cm³/mol. The van der Waals surface area contributed by atoms with Gasteiger partial charge >= 0.3 is 0 Å². The average Bonchev–Trinajstić information content (AvgIpc) is 3.34. The third-order valence-electron chi connectivity index (χ3n) is 4.88. The number of carbonyl (C=O) groups is 2. The minimum Gasteiger partial charge on any atom is -0.496 e. The molecular weight excluding hydrogens is 426 g/mol. The number of amidine groups is 2. The number of anilines is 1. The van der Waals surface area contributed by atoms with Crippen molar-refractivity contribution >= 4 is 52.1 Å². The Morgan fingerprint density at radius 3 is 2.62 bits per heavy atom. The van der Waals surface area contributed by atoms with Gasteiger partial charge in [0.05, 0.1) is 24.3 Å². The highest BCUT2D eigenvalue weighted by Gasteiger charge is 2.29. The second-order valence-corrected chi connectivity index (χ2v) is 8.01. The molecule has 2 aromatic rings. The number of rotatable bonds is 5. The van der Waals surface area contributed by atoms with E-state index in [2.05, 4.69) is 20.5 Å². The minimum atomic E-state index is -0.202. The summed E-state index contributed by atoms with van der Waals surface area (Å²) in [4.78, 5) is 30.3. The van der Waals surface area contributed by atoms with Crippen LogP contribution in [-0.4, -0.2) is 41.4 Å². The molecule has 2 aliphatic rings. The molecule has 0 aliphatic carbocycles. The van der Waals surface area contributed by atoms with Gasteiger partial charge in [-0.1, -0.05) is 42.1 Å². The number of ether oxygens (including phenoxy) is 1. The van der Waals surface area contributed by atoms with Crippen LogP contribution in [0.4, 0.5) is 5.69 Å². The molecule has 0 radical (unpaired) electrons. The highest BCUT2D eigenvalue weighted by Crippen LogP contribution is 2.27. The summed E-state index contributed by atoms with van der Waals surface area (Å²) in [5.41, 5.74) is 3.40. The van der Waals surface area contributed by atoms with E-state index in [0.29, 0.717) is 39.6 Å². The maximum atomic E-state index is 13.0. The van der Waals surface area contributed by atoms with Crippen molar-refractivity contribution in [3.63, 3.8) is 0 Å². The number of hydrogen-bond donors (Lipinski definition) is 1. The van der Waals surface area contributed by atoms with Gasteiger partial charge in [-0.3, -0.25) is 14.5 Å².